The van der Waals surface area contributed by atoms with Crippen LogP contribution in [0.5, 0.6) is 17.2 Å². The van der Waals surface area contributed by atoms with Gasteiger partial charge in [0.25, 0.3) is 11.7 Å². The van der Waals surface area contributed by atoms with Crippen molar-refractivity contribution in [3.63, 3.8) is 0 Å². The van der Waals surface area contributed by atoms with Crippen LogP contribution in [0.25, 0.3) is 16.7 Å². The molecule has 1 saturated heterocycles. The molecule has 0 spiro atoms. The summed E-state index contributed by atoms with van der Waals surface area (Å²) in [5.74, 6) is -0.519. The summed E-state index contributed by atoms with van der Waals surface area (Å²) in [4.78, 5) is 31.6. The molecule has 1 unspecified atom stereocenters. The molecule has 186 valence electrons. The highest BCUT2D eigenvalue weighted by Gasteiger charge is 2.48. The molecule has 2 N–H and O–H groups in total. The number of Topliss-reactive ketones (excluding diaryl/α,β-unsaturated/α-hetero) is 1. The first-order chi connectivity index (χ1) is 18.0. The normalized spacial score (nSPS) is 18.1. The van der Waals surface area contributed by atoms with E-state index in [0.717, 1.165) is 10.9 Å². The van der Waals surface area contributed by atoms with E-state index in [1.165, 1.54) is 4.90 Å². The zero-order valence-corrected chi connectivity index (χ0v) is 20.4. The number of aromatic nitrogens is 1. The van der Waals surface area contributed by atoms with Crippen molar-refractivity contribution in [2.45, 2.75) is 13.0 Å². The number of hydrogen-bond acceptors (Lipinski definition) is 6. The monoisotopic (exact) mass is 516 g/mol. The highest BCUT2D eigenvalue weighted by atomic mass is 35.5. The van der Waals surface area contributed by atoms with Gasteiger partial charge in [0, 0.05) is 40.0 Å². The van der Waals surface area contributed by atoms with Gasteiger partial charge < -0.3 is 24.3 Å². The number of aromatic amines is 1. The number of aliphatic hydroxyl groups excluding tert-OH is 1. The van der Waals surface area contributed by atoms with Crippen molar-refractivity contribution in [1.29, 1.82) is 0 Å². The van der Waals surface area contributed by atoms with Gasteiger partial charge in [-0.15, -0.1) is 0 Å². The zero-order chi connectivity index (χ0) is 25.7. The van der Waals surface area contributed by atoms with Gasteiger partial charge in [-0.25, -0.2) is 0 Å². The van der Waals surface area contributed by atoms with E-state index in [1.807, 2.05) is 31.2 Å². The molecule has 1 aromatic heterocycles. The molecule has 3 aromatic carbocycles. The van der Waals surface area contributed by atoms with Crippen LogP contribution in [0.15, 0.2) is 72.4 Å². The van der Waals surface area contributed by atoms with Crippen LogP contribution in [0.1, 0.15) is 24.1 Å². The summed E-state index contributed by atoms with van der Waals surface area (Å²) in [5.41, 5.74) is 2.19. The molecule has 0 saturated carbocycles. The molecule has 37 heavy (non-hydrogen) atoms. The minimum absolute atomic E-state index is 0.0443. The fourth-order valence-corrected chi connectivity index (χ4v) is 4.99. The Labute approximate surface area is 216 Å². The second kappa shape index (κ2) is 8.90. The molecule has 6 rings (SSSR count). The van der Waals surface area contributed by atoms with Crippen LogP contribution in [-0.2, 0) is 9.59 Å². The number of carbonyl (C=O) groups excluding carboxylic acids is 2. The lowest BCUT2D eigenvalue weighted by atomic mass is 9.94. The molecule has 2 aliphatic heterocycles. The van der Waals surface area contributed by atoms with Crippen molar-refractivity contribution in [2.75, 3.05) is 18.3 Å². The highest BCUT2D eigenvalue weighted by molar-refractivity contribution is 6.52. The molecule has 1 amide bonds. The lowest BCUT2D eigenvalue weighted by Gasteiger charge is -2.25. The maximum absolute atomic E-state index is 13.5. The number of halogens is 1. The fraction of sp³-hybridized carbons (Fsp3) is 0.143. The molecule has 9 heteroatoms. The van der Waals surface area contributed by atoms with E-state index < -0.39 is 17.7 Å². The summed E-state index contributed by atoms with van der Waals surface area (Å²) in [6.45, 7) is 2.26. The molecule has 4 aromatic rings. The molecule has 2 aliphatic rings. The molecule has 1 fully saturated rings. The van der Waals surface area contributed by atoms with Crippen LogP contribution in [0.4, 0.5) is 5.69 Å². The van der Waals surface area contributed by atoms with Gasteiger partial charge in [-0.3, -0.25) is 14.5 Å². The second-order valence-corrected chi connectivity index (χ2v) is 8.98. The van der Waals surface area contributed by atoms with E-state index in [4.69, 9.17) is 25.8 Å². The number of carbonyl (C=O) groups is 2. The molecule has 0 radical (unpaired) electrons. The Morgan fingerprint density at radius 3 is 2.76 bits per heavy atom. The number of benzene rings is 3. The van der Waals surface area contributed by atoms with Crippen molar-refractivity contribution in [1.82, 2.24) is 4.98 Å². The Hall–Kier alpha value is -4.43. The summed E-state index contributed by atoms with van der Waals surface area (Å²) in [6.07, 6.45) is 1.75. The van der Waals surface area contributed by atoms with E-state index in [0.29, 0.717) is 45.7 Å². The van der Waals surface area contributed by atoms with Gasteiger partial charge in [-0.05, 0) is 43.3 Å². The van der Waals surface area contributed by atoms with Crippen LogP contribution >= 0.6 is 11.6 Å². The summed E-state index contributed by atoms with van der Waals surface area (Å²) in [5, 5.41) is 12.7. The van der Waals surface area contributed by atoms with Gasteiger partial charge in [-0.2, -0.15) is 0 Å². The number of rotatable bonds is 5. The summed E-state index contributed by atoms with van der Waals surface area (Å²) < 4.78 is 16.5. The lowest BCUT2D eigenvalue weighted by molar-refractivity contribution is -0.132. The maximum Gasteiger partial charge on any atom is 0.300 e. The highest BCUT2D eigenvalue weighted by Crippen LogP contribution is 2.46. The van der Waals surface area contributed by atoms with E-state index >= 15 is 0 Å². The zero-order valence-electron chi connectivity index (χ0n) is 19.7. The predicted molar refractivity (Wildman–Crippen MR) is 138 cm³/mol. The smallest absolute Gasteiger partial charge is 0.300 e. The minimum atomic E-state index is -0.914. The van der Waals surface area contributed by atoms with Crippen LogP contribution < -0.4 is 19.1 Å². The number of ether oxygens (including phenoxy) is 3. The van der Waals surface area contributed by atoms with Crippen molar-refractivity contribution in [2.24, 2.45) is 0 Å². The molecular formula is C28H21ClN2O6. The largest absolute Gasteiger partial charge is 0.507 e. The average molecular weight is 517 g/mol. The number of amides is 1. The first-order valence-electron chi connectivity index (χ1n) is 11.7. The number of anilines is 1. The minimum Gasteiger partial charge on any atom is -0.507 e. The molecule has 0 bridgehead atoms. The van der Waals surface area contributed by atoms with Gasteiger partial charge in [0.05, 0.1) is 23.2 Å². The molecule has 8 nitrogen and oxygen atoms in total. The first-order valence-corrected chi connectivity index (χ1v) is 12.0. The van der Waals surface area contributed by atoms with Crippen LogP contribution in [0, 0.1) is 0 Å². The number of aliphatic hydroxyl groups is 1. The number of nitrogens with one attached hydrogen (secondary N) is 1. The van der Waals surface area contributed by atoms with Crippen molar-refractivity contribution in [3.05, 3.63) is 88.6 Å². The Morgan fingerprint density at radius 1 is 1.11 bits per heavy atom. The lowest BCUT2D eigenvalue weighted by Crippen LogP contribution is -2.29. The van der Waals surface area contributed by atoms with E-state index in [2.05, 4.69) is 4.98 Å². The third kappa shape index (κ3) is 3.68. The van der Waals surface area contributed by atoms with Gasteiger partial charge in [0.1, 0.15) is 11.5 Å². The van der Waals surface area contributed by atoms with Crippen molar-refractivity contribution < 1.29 is 28.9 Å². The third-order valence-electron chi connectivity index (χ3n) is 6.50. The topological polar surface area (TPSA) is 101 Å². The number of hydrogen-bond donors (Lipinski definition) is 2. The van der Waals surface area contributed by atoms with E-state index in [1.54, 1.807) is 42.6 Å². The molecular weight excluding hydrogens is 496 g/mol. The summed E-state index contributed by atoms with van der Waals surface area (Å²) >= 11 is 6.24. The Kier molecular flexibility index (Phi) is 5.53. The second-order valence-electron chi connectivity index (χ2n) is 8.57. The first kappa shape index (κ1) is 23.0. The standard InChI is InChI=1S/C28H21ClN2O6/c1-2-35-22-11-15(7-9-19(22)29)26(32)24-25(18-13-30-20-6-4-3-5-17(18)20)31(28(34)27(24)33)16-8-10-21-23(12-16)37-14-36-21/h3-13,25,30,32H,2,14H2,1H3/b26-24+. The summed E-state index contributed by atoms with van der Waals surface area (Å²) in [7, 11) is 0. The van der Waals surface area contributed by atoms with Crippen LogP contribution in [0.2, 0.25) is 5.02 Å². The quantitative estimate of drug-likeness (QED) is 0.204. The van der Waals surface area contributed by atoms with Crippen LogP contribution in [-0.4, -0.2) is 35.2 Å². The Morgan fingerprint density at radius 2 is 1.92 bits per heavy atom. The van der Waals surface area contributed by atoms with Crippen molar-refractivity contribution >= 4 is 45.6 Å². The third-order valence-corrected chi connectivity index (χ3v) is 6.81. The fourth-order valence-electron chi connectivity index (χ4n) is 4.82. The van der Waals surface area contributed by atoms with Crippen molar-refractivity contribution in [3.8, 4) is 17.2 Å². The SMILES string of the molecule is CCOc1cc(/C(O)=C2\C(=O)C(=O)N(c3ccc4c(c3)OCO4)C2c2c[nH]c3ccccc23)ccc1Cl. The number of H-pyrrole nitrogens is 1. The maximum atomic E-state index is 13.5. The Balaban J connectivity index is 1.57. The van der Waals surface area contributed by atoms with E-state index in [9.17, 15) is 14.7 Å². The average Bonchev–Trinajstić information content (AvgIpc) is 3.61. The van der Waals surface area contributed by atoms with E-state index in [-0.39, 0.29) is 18.1 Å². The molecule has 1 atom stereocenters. The Bertz CT molecular complexity index is 1610. The number of para-hydroxylation sites is 1. The summed E-state index contributed by atoms with van der Waals surface area (Å²) in [6, 6.07) is 16.4. The predicted octanol–water partition coefficient (Wildman–Crippen LogP) is 5.58. The van der Waals surface area contributed by atoms with Gasteiger partial charge >= 0.3 is 0 Å². The van der Waals surface area contributed by atoms with Gasteiger partial charge in [-0.1, -0.05) is 29.8 Å². The number of nitrogens with zero attached hydrogens (tertiary/aromatic N) is 1. The number of fused-ring (bicyclic) bond motifs is 2. The molecule has 3 heterocycles. The van der Waals surface area contributed by atoms with Gasteiger partial charge in [0.15, 0.2) is 11.5 Å². The van der Waals surface area contributed by atoms with Gasteiger partial charge in [0.2, 0.25) is 6.79 Å². The molecule has 0 aliphatic carbocycles. The number of ketones is 1. The van der Waals surface area contributed by atoms with Crippen LogP contribution in [0.3, 0.4) is 0 Å².